The van der Waals surface area contributed by atoms with E-state index in [9.17, 15) is 10.3 Å². The Morgan fingerprint density at radius 2 is 1.69 bits per heavy atom. The average Bonchev–Trinajstić information content (AvgIpc) is 3.08. The number of nitrogens with zero attached hydrogens (tertiary/aromatic N) is 2. The van der Waals surface area contributed by atoms with Crippen molar-refractivity contribution in [2.75, 3.05) is 29.3 Å². The van der Waals surface area contributed by atoms with Gasteiger partial charge in [0.05, 0.1) is 17.4 Å². The molecule has 0 amide bonds. The lowest BCUT2D eigenvalue weighted by atomic mass is 9.75. The van der Waals surface area contributed by atoms with Crippen molar-refractivity contribution in [1.82, 2.24) is 9.97 Å². The van der Waals surface area contributed by atoms with Gasteiger partial charge in [-0.1, -0.05) is 18.2 Å². The predicted molar refractivity (Wildman–Crippen MR) is 143 cm³/mol. The molecule has 0 bridgehead atoms. The van der Waals surface area contributed by atoms with Gasteiger partial charge < -0.3 is 25.0 Å². The van der Waals surface area contributed by atoms with E-state index in [-0.39, 0.29) is 6.61 Å². The fourth-order valence-electron chi connectivity index (χ4n) is 4.84. The van der Waals surface area contributed by atoms with Crippen molar-refractivity contribution in [3.05, 3.63) is 35.5 Å². The number of nitrogens with one attached hydrogen (secondary N) is 3. The number of aromatic nitrogens is 2. The summed E-state index contributed by atoms with van der Waals surface area (Å²) in [5, 5.41) is 25.6. The SMILES string of the molecule is Cc1c(CNc2ncc(NO)c(NCC3CCC(CO)CC3)n2)cccc1B1OC(C)(C)C(C)(C)O1. The molecular formula is C26H40BN5O4. The molecule has 10 heteroatoms. The third kappa shape index (κ3) is 5.77. The normalized spacial score (nSPS) is 22.9. The highest BCUT2D eigenvalue weighted by atomic mass is 16.7. The van der Waals surface area contributed by atoms with Gasteiger partial charge in [-0.2, -0.15) is 4.98 Å². The highest BCUT2D eigenvalue weighted by Gasteiger charge is 2.52. The fraction of sp³-hybridized carbons (Fsp3) is 0.615. The molecule has 1 saturated heterocycles. The lowest BCUT2D eigenvalue weighted by molar-refractivity contribution is 0.00578. The molecule has 0 spiro atoms. The van der Waals surface area contributed by atoms with Crippen LogP contribution in [0.25, 0.3) is 0 Å². The van der Waals surface area contributed by atoms with E-state index in [1.807, 2.05) is 6.07 Å². The summed E-state index contributed by atoms with van der Waals surface area (Å²) in [4.78, 5) is 8.94. The van der Waals surface area contributed by atoms with Gasteiger partial charge in [0.15, 0.2) is 5.82 Å². The Bertz CT molecular complexity index is 1030. The molecule has 36 heavy (non-hydrogen) atoms. The molecule has 2 aromatic rings. The second-order valence-electron chi connectivity index (χ2n) is 11.1. The van der Waals surface area contributed by atoms with E-state index in [1.165, 1.54) is 0 Å². The molecule has 1 aliphatic heterocycles. The molecule has 0 radical (unpaired) electrons. The van der Waals surface area contributed by atoms with Crippen LogP contribution in [0.1, 0.15) is 64.5 Å². The van der Waals surface area contributed by atoms with Gasteiger partial charge in [-0.15, -0.1) is 0 Å². The van der Waals surface area contributed by atoms with Crippen LogP contribution >= 0.6 is 0 Å². The van der Waals surface area contributed by atoms with Crippen LogP contribution in [-0.4, -0.2) is 51.8 Å². The van der Waals surface area contributed by atoms with E-state index >= 15 is 0 Å². The van der Waals surface area contributed by atoms with Crippen molar-refractivity contribution in [2.45, 2.75) is 78.0 Å². The first-order valence-electron chi connectivity index (χ1n) is 12.9. The van der Waals surface area contributed by atoms with E-state index in [0.717, 1.165) is 48.8 Å². The summed E-state index contributed by atoms with van der Waals surface area (Å²) >= 11 is 0. The van der Waals surface area contributed by atoms with Gasteiger partial charge in [0, 0.05) is 19.7 Å². The predicted octanol–water partition coefficient (Wildman–Crippen LogP) is 3.71. The number of aliphatic hydroxyl groups is 1. The average molecular weight is 497 g/mol. The Balaban J connectivity index is 1.40. The first-order valence-corrected chi connectivity index (χ1v) is 12.9. The third-order valence-corrected chi connectivity index (χ3v) is 8.12. The molecule has 1 saturated carbocycles. The lowest BCUT2D eigenvalue weighted by Gasteiger charge is -2.32. The smallest absolute Gasteiger partial charge is 0.399 e. The summed E-state index contributed by atoms with van der Waals surface area (Å²) in [6.45, 7) is 11.9. The van der Waals surface area contributed by atoms with Crippen molar-refractivity contribution in [3.63, 3.8) is 0 Å². The van der Waals surface area contributed by atoms with Crippen molar-refractivity contribution in [3.8, 4) is 0 Å². The molecule has 2 fully saturated rings. The van der Waals surface area contributed by atoms with Gasteiger partial charge in [-0.25, -0.2) is 4.98 Å². The topological polar surface area (TPSA) is 121 Å². The van der Waals surface area contributed by atoms with Crippen LogP contribution in [0.2, 0.25) is 0 Å². The molecule has 0 unspecified atom stereocenters. The monoisotopic (exact) mass is 497 g/mol. The largest absolute Gasteiger partial charge is 0.495 e. The molecule has 2 heterocycles. The highest BCUT2D eigenvalue weighted by molar-refractivity contribution is 6.62. The quantitative estimate of drug-likeness (QED) is 0.261. The zero-order valence-corrected chi connectivity index (χ0v) is 22.1. The van der Waals surface area contributed by atoms with E-state index in [2.05, 4.69) is 72.8 Å². The van der Waals surface area contributed by atoms with Gasteiger partial charge >= 0.3 is 7.12 Å². The van der Waals surface area contributed by atoms with Crippen LogP contribution in [0.5, 0.6) is 0 Å². The van der Waals surface area contributed by atoms with E-state index < -0.39 is 18.3 Å². The maximum Gasteiger partial charge on any atom is 0.495 e. The van der Waals surface area contributed by atoms with Crippen molar-refractivity contribution >= 4 is 30.0 Å². The summed E-state index contributed by atoms with van der Waals surface area (Å²) in [5.41, 5.74) is 5.06. The number of hydrogen-bond acceptors (Lipinski definition) is 9. The summed E-state index contributed by atoms with van der Waals surface area (Å²) in [5.74, 6) is 1.98. The number of rotatable bonds is 9. The minimum Gasteiger partial charge on any atom is -0.399 e. The fourth-order valence-corrected chi connectivity index (χ4v) is 4.84. The van der Waals surface area contributed by atoms with Crippen LogP contribution in [0, 0.1) is 18.8 Å². The molecule has 9 nitrogen and oxygen atoms in total. The van der Waals surface area contributed by atoms with Gasteiger partial charge in [0.25, 0.3) is 0 Å². The number of aliphatic hydroxyl groups excluding tert-OH is 1. The van der Waals surface area contributed by atoms with Crippen LogP contribution in [0.15, 0.2) is 24.4 Å². The van der Waals surface area contributed by atoms with Crippen LogP contribution in [-0.2, 0) is 15.9 Å². The molecule has 4 rings (SSSR count). The third-order valence-electron chi connectivity index (χ3n) is 8.12. The van der Waals surface area contributed by atoms with Gasteiger partial charge in [0.2, 0.25) is 5.95 Å². The summed E-state index contributed by atoms with van der Waals surface area (Å²) in [7, 11) is -0.413. The van der Waals surface area contributed by atoms with Crippen molar-refractivity contribution in [1.29, 1.82) is 0 Å². The first-order chi connectivity index (χ1) is 17.1. The van der Waals surface area contributed by atoms with E-state index in [0.29, 0.717) is 35.8 Å². The summed E-state index contributed by atoms with van der Waals surface area (Å²) in [6.07, 6.45) is 5.82. The Morgan fingerprint density at radius 3 is 2.33 bits per heavy atom. The van der Waals surface area contributed by atoms with Crippen molar-refractivity contribution < 1.29 is 19.6 Å². The Hall–Kier alpha value is -2.40. The number of hydrogen-bond donors (Lipinski definition) is 5. The zero-order chi connectivity index (χ0) is 25.9. The molecule has 5 N–H and O–H groups in total. The molecule has 2 aliphatic rings. The zero-order valence-electron chi connectivity index (χ0n) is 22.1. The molecular weight excluding hydrogens is 457 g/mol. The maximum atomic E-state index is 9.52. The van der Waals surface area contributed by atoms with Crippen LogP contribution < -0.4 is 21.6 Å². The minimum atomic E-state index is -0.413. The van der Waals surface area contributed by atoms with Crippen LogP contribution in [0.4, 0.5) is 17.5 Å². The Morgan fingerprint density at radius 1 is 1.03 bits per heavy atom. The van der Waals surface area contributed by atoms with Gasteiger partial charge in [-0.05, 0) is 88.7 Å². The number of anilines is 3. The standard InChI is InChI=1S/C26H40BN5O4/c1-17-20(7-6-8-21(17)27-35-25(2,3)26(4,5)36-27)14-29-24-30-15-22(32-34)23(31-24)28-13-18-9-11-19(16-33)12-10-18/h6-8,15,18-19,32-34H,9-14,16H2,1-5H3,(H2,28,29,30,31). The van der Waals surface area contributed by atoms with Crippen LogP contribution in [0.3, 0.4) is 0 Å². The minimum absolute atomic E-state index is 0.277. The summed E-state index contributed by atoms with van der Waals surface area (Å²) in [6, 6.07) is 6.14. The highest BCUT2D eigenvalue weighted by Crippen LogP contribution is 2.37. The van der Waals surface area contributed by atoms with E-state index in [4.69, 9.17) is 9.31 Å². The first kappa shape index (κ1) is 26.7. The van der Waals surface area contributed by atoms with Crippen molar-refractivity contribution in [2.24, 2.45) is 11.8 Å². The molecule has 196 valence electrons. The molecule has 1 aromatic heterocycles. The maximum absolute atomic E-state index is 9.52. The second-order valence-corrected chi connectivity index (χ2v) is 11.1. The molecule has 1 aliphatic carbocycles. The lowest BCUT2D eigenvalue weighted by Crippen LogP contribution is -2.41. The summed E-state index contributed by atoms with van der Waals surface area (Å²) < 4.78 is 12.5. The molecule has 0 atom stereocenters. The molecule has 1 aromatic carbocycles. The van der Waals surface area contributed by atoms with E-state index in [1.54, 1.807) is 6.20 Å². The number of benzene rings is 1. The van der Waals surface area contributed by atoms with Gasteiger partial charge in [0.1, 0.15) is 5.69 Å². The second kappa shape index (κ2) is 10.9. The van der Waals surface area contributed by atoms with Gasteiger partial charge in [-0.3, -0.25) is 10.7 Å². The Labute approximate surface area is 214 Å². The Kier molecular flexibility index (Phi) is 8.09.